The fourth-order valence-electron chi connectivity index (χ4n) is 1.77. The minimum absolute atomic E-state index is 0.168. The number of aromatic carboxylic acids is 1. The summed E-state index contributed by atoms with van der Waals surface area (Å²) in [5, 5.41) is 11.5. The molecule has 0 fully saturated rings. The van der Waals surface area contributed by atoms with Crippen LogP contribution in [0.5, 0.6) is 0 Å². The third kappa shape index (κ3) is 2.93. The monoisotopic (exact) mass is 277 g/mol. The molecule has 0 unspecified atom stereocenters. The minimum Gasteiger partial charge on any atom is -0.478 e. The number of aryl methyl sites for hydroxylation is 1. The highest BCUT2D eigenvalue weighted by Crippen LogP contribution is 2.22. The maximum Gasteiger partial charge on any atom is 0.335 e. The van der Waals surface area contributed by atoms with E-state index in [-0.39, 0.29) is 17.8 Å². The molecule has 0 bridgehead atoms. The summed E-state index contributed by atoms with van der Waals surface area (Å²) < 4.78 is 27.3. The molecule has 0 heterocycles. The third-order valence-electron chi connectivity index (χ3n) is 2.95. The average molecular weight is 277 g/mol. The maximum absolute atomic E-state index is 13.8. The molecule has 0 amide bonds. The fraction of sp³-hybridized carbons (Fsp3) is 0.133. The smallest absolute Gasteiger partial charge is 0.335 e. The van der Waals surface area contributed by atoms with Crippen molar-refractivity contribution in [3.8, 4) is 0 Å². The van der Waals surface area contributed by atoms with Crippen molar-refractivity contribution in [1.29, 1.82) is 0 Å². The molecule has 0 saturated heterocycles. The summed E-state index contributed by atoms with van der Waals surface area (Å²) in [5.74, 6) is -2.29. The Morgan fingerprint density at radius 1 is 1.15 bits per heavy atom. The first kappa shape index (κ1) is 14.0. The predicted molar refractivity (Wildman–Crippen MR) is 71.8 cm³/mol. The lowest BCUT2D eigenvalue weighted by Gasteiger charge is -2.10. The maximum atomic E-state index is 13.8. The molecule has 2 aromatic rings. The molecule has 0 aromatic heterocycles. The first-order chi connectivity index (χ1) is 9.49. The zero-order valence-corrected chi connectivity index (χ0v) is 10.8. The van der Waals surface area contributed by atoms with E-state index in [1.54, 1.807) is 19.1 Å². The van der Waals surface area contributed by atoms with Gasteiger partial charge in [0.25, 0.3) is 0 Å². The second kappa shape index (κ2) is 5.69. The van der Waals surface area contributed by atoms with E-state index in [9.17, 15) is 13.6 Å². The number of anilines is 1. The number of nitrogens with one attached hydrogen (secondary N) is 1. The molecule has 2 N–H and O–H groups in total. The number of carboxylic acid groups (broad SMARTS) is 1. The first-order valence-electron chi connectivity index (χ1n) is 5.99. The van der Waals surface area contributed by atoms with Gasteiger partial charge in [0.2, 0.25) is 0 Å². The van der Waals surface area contributed by atoms with Gasteiger partial charge in [0, 0.05) is 6.54 Å². The van der Waals surface area contributed by atoms with Gasteiger partial charge in [-0.2, -0.15) is 0 Å². The summed E-state index contributed by atoms with van der Waals surface area (Å²) in [5.41, 5.74) is 1.08. The van der Waals surface area contributed by atoms with Crippen LogP contribution in [0.4, 0.5) is 14.5 Å². The standard InChI is InChI=1S/C15H13F2NO2/c1-9-2-7-12(16)14(13(9)17)18-8-10-3-5-11(6-4-10)15(19)20/h2-7,18H,8H2,1H3,(H,19,20). The van der Waals surface area contributed by atoms with E-state index in [1.165, 1.54) is 24.3 Å². The molecule has 0 aliphatic rings. The van der Waals surface area contributed by atoms with Gasteiger partial charge in [-0.1, -0.05) is 18.2 Å². The first-order valence-corrected chi connectivity index (χ1v) is 5.99. The number of halogens is 2. The van der Waals surface area contributed by atoms with Gasteiger partial charge in [-0.3, -0.25) is 0 Å². The zero-order chi connectivity index (χ0) is 14.7. The number of carbonyl (C=O) groups is 1. The molecule has 104 valence electrons. The van der Waals surface area contributed by atoms with Crippen molar-refractivity contribution >= 4 is 11.7 Å². The van der Waals surface area contributed by atoms with Gasteiger partial charge in [0.05, 0.1) is 5.56 Å². The number of rotatable bonds is 4. The Labute approximate surface area is 114 Å². The van der Waals surface area contributed by atoms with Gasteiger partial charge >= 0.3 is 5.97 Å². The van der Waals surface area contributed by atoms with Crippen molar-refractivity contribution in [3.05, 3.63) is 64.7 Å². The van der Waals surface area contributed by atoms with Gasteiger partial charge in [0.15, 0.2) is 5.82 Å². The second-order valence-corrected chi connectivity index (χ2v) is 4.41. The van der Waals surface area contributed by atoms with Crippen LogP contribution in [-0.2, 0) is 6.54 Å². The Hall–Kier alpha value is -2.43. The molecule has 2 aromatic carbocycles. The molecule has 5 heteroatoms. The third-order valence-corrected chi connectivity index (χ3v) is 2.95. The van der Waals surface area contributed by atoms with E-state index in [0.29, 0.717) is 5.56 Å². The lowest BCUT2D eigenvalue weighted by atomic mass is 10.1. The number of benzene rings is 2. The molecule has 0 saturated carbocycles. The van der Waals surface area contributed by atoms with E-state index in [4.69, 9.17) is 5.11 Å². The summed E-state index contributed by atoms with van der Waals surface area (Å²) in [6.45, 7) is 1.76. The Morgan fingerprint density at radius 3 is 2.40 bits per heavy atom. The van der Waals surface area contributed by atoms with Gasteiger partial charge in [0.1, 0.15) is 11.5 Å². The van der Waals surface area contributed by atoms with Crippen LogP contribution in [0.2, 0.25) is 0 Å². The van der Waals surface area contributed by atoms with Crippen LogP contribution in [0, 0.1) is 18.6 Å². The van der Waals surface area contributed by atoms with E-state index in [0.717, 1.165) is 5.56 Å². The van der Waals surface area contributed by atoms with E-state index in [1.807, 2.05) is 0 Å². The van der Waals surface area contributed by atoms with E-state index in [2.05, 4.69) is 5.32 Å². The van der Waals surface area contributed by atoms with Crippen molar-refractivity contribution in [2.24, 2.45) is 0 Å². The topological polar surface area (TPSA) is 49.3 Å². The Kier molecular flexibility index (Phi) is 3.98. The van der Waals surface area contributed by atoms with Crippen LogP contribution in [0.1, 0.15) is 21.5 Å². The normalized spacial score (nSPS) is 10.3. The van der Waals surface area contributed by atoms with Crippen LogP contribution >= 0.6 is 0 Å². The molecular formula is C15H13F2NO2. The predicted octanol–water partition coefficient (Wildman–Crippen LogP) is 3.58. The van der Waals surface area contributed by atoms with Crippen molar-refractivity contribution in [2.45, 2.75) is 13.5 Å². The van der Waals surface area contributed by atoms with Gasteiger partial charge in [-0.05, 0) is 36.2 Å². The van der Waals surface area contributed by atoms with Crippen LogP contribution in [0.25, 0.3) is 0 Å². The lowest BCUT2D eigenvalue weighted by molar-refractivity contribution is 0.0697. The molecule has 3 nitrogen and oxygen atoms in total. The minimum atomic E-state index is -1.01. The highest BCUT2D eigenvalue weighted by Gasteiger charge is 2.11. The number of hydrogen-bond donors (Lipinski definition) is 2. The van der Waals surface area contributed by atoms with Crippen molar-refractivity contribution in [2.75, 3.05) is 5.32 Å². The number of hydrogen-bond acceptors (Lipinski definition) is 2. The number of carboxylic acids is 1. The average Bonchev–Trinajstić information content (AvgIpc) is 2.43. The summed E-state index contributed by atoms with van der Waals surface area (Å²) in [6, 6.07) is 8.67. The SMILES string of the molecule is Cc1ccc(F)c(NCc2ccc(C(=O)O)cc2)c1F. The Bertz CT molecular complexity index is 639. The molecule has 2 rings (SSSR count). The summed E-state index contributed by atoms with van der Waals surface area (Å²) in [7, 11) is 0. The highest BCUT2D eigenvalue weighted by atomic mass is 19.1. The van der Waals surface area contributed by atoms with Crippen LogP contribution < -0.4 is 5.32 Å². The molecule has 0 aliphatic heterocycles. The van der Waals surface area contributed by atoms with Crippen LogP contribution in [0.3, 0.4) is 0 Å². The van der Waals surface area contributed by atoms with Crippen molar-refractivity contribution < 1.29 is 18.7 Å². The largest absolute Gasteiger partial charge is 0.478 e. The van der Waals surface area contributed by atoms with Gasteiger partial charge in [-0.25, -0.2) is 13.6 Å². The molecule has 0 atom stereocenters. The van der Waals surface area contributed by atoms with E-state index >= 15 is 0 Å². The van der Waals surface area contributed by atoms with Gasteiger partial charge < -0.3 is 10.4 Å². The van der Waals surface area contributed by atoms with E-state index < -0.39 is 17.6 Å². The lowest BCUT2D eigenvalue weighted by Crippen LogP contribution is -2.05. The molecule has 0 aliphatic carbocycles. The summed E-state index contributed by atoms with van der Waals surface area (Å²) >= 11 is 0. The quantitative estimate of drug-likeness (QED) is 0.898. The molecule has 20 heavy (non-hydrogen) atoms. The second-order valence-electron chi connectivity index (χ2n) is 4.41. The highest BCUT2D eigenvalue weighted by molar-refractivity contribution is 5.87. The molecular weight excluding hydrogens is 264 g/mol. The van der Waals surface area contributed by atoms with Crippen molar-refractivity contribution in [3.63, 3.8) is 0 Å². The molecule has 0 radical (unpaired) electrons. The van der Waals surface area contributed by atoms with Gasteiger partial charge in [-0.15, -0.1) is 0 Å². The van der Waals surface area contributed by atoms with Crippen molar-refractivity contribution in [1.82, 2.24) is 0 Å². The zero-order valence-electron chi connectivity index (χ0n) is 10.8. The Balaban J connectivity index is 2.13. The fourth-order valence-corrected chi connectivity index (χ4v) is 1.77. The van der Waals surface area contributed by atoms with Crippen LogP contribution in [-0.4, -0.2) is 11.1 Å². The van der Waals surface area contributed by atoms with Crippen LogP contribution in [0.15, 0.2) is 36.4 Å². The summed E-state index contributed by atoms with van der Waals surface area (Å²) in [6.07, 6.45) is 0. The summed E-state index contributed by atoms with van der Waals surface area (Å²) in [4.78, 5) is 10.7. The Morgan fingerprint density at radius 2 is 1.80 bits per heavy atom. The molecule has 0 spiro atoms.